The highest BCUT2D eigenvalue weighted by molar-refractivity contribution is 5.80. The summed E-state index contributed by atoms with van der Waals surface area (Å²) in [5, 5.41) is 12.0. The number of nitrogen functional groups attached to an aromatic ring is 1. The molecule has 7 heteroatoms. The van der Waals surface area contributed by atoms with Crippen LogP contribution in [0.25, 0.3) is 11.0 Å². The lowest BCUT2D eigenvalue weighted by molar-refractivity contribution is -0.139. The zero-order chi connectivity index (χ0) is 14.1. The molecular formula is C13H15N5O2. The predicted molar refractivity (Wildman–Crippen MR) is 75.6 cm³/mol. The third kappa shape index (κ3) is 2.23. The maximum Gasteiger partial charge on any atom is 0.322 e. The number of fused-ring (bicyclic) bond motifs is 1. The molecule has 0 unspecified atom stereocenters. The molecule has 0 bridgehead atoms. The van der Waals surface area contributed by atoms with E-state index < -0.39 is 12.0 Å². The van der Waals surface area contributed by atoms with Crippen LogP contribution < -0.4 is 16.0 Å². The molecule has 4 N–H and O–H groups in total. The van der Waals surface area contributed by atoms with Crippen LogP contribution in [-0.4, -0.2) is 46.7 Å². The van der Waals surface area contributed by atoms with E-state index in [1.807, 2.05) is 29.2 Å². The van der Waals surface area contributed by atoms with Crippen LogP contribution >= 0.6 is 0 Å². The zero-order valence-electron chi connectivity index (χ0n) is 10.8. The Bertz CT molecular complexity index is 660. The quantitative estimate of drug-likeness (QED) is 0.711. The van der Waals surface area contributed by atoms with Crippen LogP contribution in [0.1, 0.15) is 0 Å². The Morgan fingerprint density at radius 3 is 2.75 bits per heavy atom. The molecule has 1 atom stereocenters. The van der Waals surface area contributed by atoms with Gasteiger partial charge in [0.1, 0.15) is 6.04 Å². The monoisotopic (exact) mass is 273 g/mol. The molecule has 1 aromatic carbocycles. The minimum Gasteiger partial charge on any atom is -0.480 e. The summed E-state index contributed by atoms with van der Waals surface area (Å²) in [7, 11) is 0. The van der Waals surface area contributed by atoms with E-state index in [-0.39, 0.29) is 0 Å². The fraction of sp³-hybridized carbons (Fsp3) is 0.308. The lowest BCUT2D eigenvalue weighted by Gasteiger charge is -2.32. The van der Waals surface area contributed by atoms with Gasteiger partial charge in [0, 0.05) is 19.6 Å². The van der Waals surface area contributed by atoms with Crippen molar-refractivity contribution in [1.29, 1.82) is 0 Å². The molecule has 1 aliphatic heterocycles. The van der Waals surface area contributed by atoms with Crippen molar-refractivity contribution >= 4 is 28.6 Å². The minimum absolute atomic E-state index is 0.326. The zero-order valence-corrected chi connectivity index (χ0v) is 10.8. The highest BCUT2D eigenvalue weighted by Gasteiger charge is 2.27. The van der Waals surface area contributed by atoms with E-state index in [0.29, 0.717) is 31.3 Å². The van der Waals surface area contributed by atoms with Crippen molar-refractivity contribution < 1.29 is 9.90 Å². The first-order valence-corrected chi connectivity index (χ1v) is 6.38. The lowest BCUT2D eigenvalue weighted by Crippen LogP contribution is -2.54. The highest BCUT2D eigenvalue weighted by Crippen LogP contribution is 2.23. The summed E-state index contributed by atoms with van der Waals surface area (Å²) in [5.41, 5.74) is 7.44. The van der Waals surface area contributed by atoms with Gasteiger partial charge >= 0.3 is 5.97 Å². The molecule has 20 heavy (non-hydrogen) atoms. The van der Waals surface area contributed by atoms with Crippen LogP contribution in [0.15, 0.2) is 24.3 Å². The van der Waals surface area contributed by atoms with E-state index in [1.165, 1.54) is 0 Å². The number of carboxylic acids is 1. The second-order valence-electron chi connectivity index (χ2n) is 4.71. The number of nitrogens with two attached hydrogens (primary N) is 1. The molecule has 0 amide bonds. The molecule has 1 aliphatic rings. The Hall–Kier alpha value is -2.41. The summed E-state index contributed by atoms with van der Waals surface area (Å²) < 4.78 is 0. The number of nitrogens with one attached hydrogen (secondary N) is 1. The summed E-state index contributed by atoms with van der Waals surface area (Å²) in [6.07, 6.45) is 0. The van der Waals surface area contributed by atoms with E-state index in [9.17, 15) is 4.79 Å². The number of carboxylic acid groups (broad SMARTS) is 1. The van der Waals surface area contributed by atoms with Gasteiger partial charge in [0.05, 0.1) is 11.0 Å². The number of anilines is 2. The largest absolute Gasteiger partial charge is 0.480 e. The third-order valence-electron chi connectivity index (χ3n) is 3.35. The Balaban J connectivity index is 1.96. The van der Waals surface area contributed by atoms with Gasteiger partial charge in [-0.05, 0) is 12.1 Å². The van der Waals surface area contributed by atoms with Crippen LogP contribution in [0.3, 0.4) is 0 Å². The van der Waals surface area contributed by atoms with E-state index in [2.05, 4.69) is 15.3 Å². The fourth-order valence-corrected chi connectivity index (χ4v) is 2.34. The molecule has 0 spiro atoms. The van der Waals surface area contributed by atoms with Crippen LogP contribution in [0, 0.1) is 0 Å². The molecule has 2 heterocycles. The van der Waals surface area contributed by atoms with E-state index in [0.717, 1.165) is 11.0 Å². The van der Waals surface area contributed by atoms with Crippen molar-refractivity contribution in [3.8, 4) is 0 Å². The summed E-state index contributed by atoms with van der Waals surface area (Å²) >= 11 is 0. The molecule has 1 aromatic heterocycles. The van der Waals surface area contributed by atoms with Crippen molar-refractivity contribution in [1.82, 2.24) is 15.3 Å². The van der Waals surface area contributed by atoms with Gasteiger partial charge < -0.3 is 21.1 Å². The Labute approximate surface area is 115 Å². The van der Waals surface area contributed by atoms with Gasteiger partial charge in [0.25, 0.3) is 0 Å². The minimum atomic E-state index is -0.873. The van der Waals surface area contributed by atoms with Crippen LogP contribution in [0.4, 0.5) is 11.6 Å². The Morgan fingerprint density at radius 1 is 1.35 bits per heavy atom. The van der Waals surface area contributed by atoms with Crippen molar-refractivity contribution in [2.75, 3.05) is 30.3 Å². The van der Waals surface area contributed by atoms with Crippen molar-refractivity contribution in [3.63, 3.8) is 0 Å². The molecule has 0 aliphatic carbocycles. The van der Waals surface area contributed by atoms with Gasteiger partial charge in [-0.15, -0.1) is 0 Å². The molecule has 0 saturated carbocycles. The Kier molecular flexibility index (Phi) is 3.11. The van der Waals surface area contributed by atoms with E-state index in [4.69, 9.17) is 10.8 Å². The maximum atomic E-state index is 11.1. The van der Waals surface area contributed by atoms with Gasteiger partial charge in [-0.1, -0.05) is 12.1 Å². The van der Waals surface area contributed by atoms with Crippen molar-refractivity contribution in [2.24, 2.45) is 0 Å². The number of hydrogen-bond acceptors (Lipinski definition) is 6. The second-order valence-corrected chi connectivity index (χ2v) is 4.71. The van der Waals surface area contributed by atoms with Gasteiger partial charge in [-0.2, -0.15) is 0 Å². The number of hydrogen-bond donors (Lipinski definition) is 3. The maximum absolute atomic E-state index is 11.1. The normalized spacial score (nSPS) is 19.2. The molecule has 0 radical (unpaired) electrons. The van der Waals surface area contributed by atoms with Crippen molar-refractivity contribution in [3.05, 3.63) is 24.3 Å². The fourth-order valence-electron chi connectivity index (χ4n) is 2.34. The van der Waals surface area contributed by atoms with Crippen molar-refractivity contribution in [2.45, 2.75) is 6.04 Å². The smallest absolute Gasteiger partial charge is 0.322 e. The molecule has 1 saturated heterocycles. The number of aliphatic carboxylic acids is 1. The number of nitrogens with zero attached hydrogens (tertiary/aromatic N) is 3. The third-order valence-corrected chi connectivity index (χ3v) is 3.35. The van der Waals surface area contributed by atoms with Crippen LogP contribution in [0.2, 0.25) is 0 Å². The number of piperazine rings is 1. The number of benzene rings is 1. The SMILES string of the molecule is Nc1nc2ccccc2nc1N1CCN[C@H](C(=O)O)C1. The number of carbonyl (C=O) groups is 1. The van der Waals surface area contributed by atoms with Gasteiger partial charge in [-0.3, -0.25) is 4.79 Å². The molecule has 104 valence electrons. The standard InChI is InChI=1S/C13H15N5O2/c14-11-12(17-9-4-2-1-3-8(9)16-11)18-6-5-15-10(7-18)13(19)20/h1-4,10,15H,5-7H2,(H2,14,16)(H,19,20)/t10-/m0/s1. The van der Waals surface area contributed by atoms with E-state index >= 15 is 0 Å². The van der Waals surface area contributed by atoms with Gasteiger partial charge in [0.2, 0.25) is 0 Å². The Morgan fingerprint density at radius 2 is 2.05 bits per heavy atom. The summed E-state index contributed by atoms with van der Waals surface area (Å²) in [4.78, 5) is 21.8. The molecule has 3 rings (SSSR count). The highest BCUT2D eigenvalue weighted by atomic mass is 16.4. The number of rotatable bonds is 2. The summed E-state index contributed by atoms with van der Waals surface area (Å²) in [6, 6.07) is 6.86. The predicted octanol–water partition coefficient (Wildman–Crippen LogP) is 0.0748. The topological polar surface area (TPSA) is 104 Å². The molecule has 2 aromatic rings. The summed E-state index contributed by atoms with van der Waals surface area (Å²) in [5.74, 6) is 0.00760. The first-order valence-electron chi connectivity index (χ1n) is 6.38. The molecular weight excluding hydrogens is 258 g/mol. The first-order chi connectivity index (χ1) is 9.65. The first kappa shape index (κ1) is 12.6. The summed E-state index contributed by atoms with van der Waals surface area (Å²) in [6.45, 7) is 1.55. The average Bonchev–Trinajstić information content (AvgIpc) is 2.46. The second kappa shape index (κ2) is 4.93. The van der Waals surface area contributed by atoms with Gasteiger partial charge in [-0.25, -0.2) is 9.97 Å². The average molecular weight is 273 g/mol. The van der Waals surface area contributed by atoms with E-state index in [1.54, 1.807) is 0 Å². The molecule has 1 fully saturated rings. The number of para-hydroxylation sites is 2. The van der Waals surface area contributed by atoms with Gasteiger partial charge in [0.15, 0.2) is 11.6 Å². The molecule has 7 nitrogen and oxygen atoms in total. The van der Waals surface area contributed by atoms with Crippen LogP contribution in [-0.2, 0) is 4.79 Å². The number of aromatic nitrogens is 2. The van der Waals surface area contributed by atoms with Crippen LogP contribution in [0.5, 0.6) is 0 Å². The lowest BCUT2D eigenvalue weighted by atomic mass is 10.2.